The number of halogens is 1. The van der Waals surface area contributed by atoms with E-state index in [2.05, 4.69) is 26.2 Å². The molecule has 1 aromatic carbocycles. The zero-order valence-electron chi connectivity index (χ0n) is 9.96. The number of benzene rings is 1. The van der Waals surface area contributed by atoms with Gasteiger partial charge in [0.25, 0.3) is 0 Å². The van der Waals surface area contributed by atoms with E-state index in [1.54, 1.807) is 31.4 Å². The Morgan fingerprint density at radius 3 is 2.63 bits per heavy atom. The summed E-state index contributed by atoms with van der Waals surface area (Å²) in [5.74, 6) is 0.905. The van der Waals surface area contributed by atoms with Crippen LogP contribution in [-0.4, -0.2) is 17.0 Å². The number of rotatable bonds is 4. The molecular formula is C12H10BrN3O3. The molecule has 0 unspecified atom stereocenters. The van der Waals surface area contributed by atoms with Gasteiger partial charge in [-0.25, -0.2) is 4.98 Å². The Hall–Kier alpha value is -2.15. The molecule has 0 bridgehead atoms. The molecular weight excluding hydrogens is 314 g/mol. The van der Waals surface area contributed by atoms with Crippen molar-refractivity contribution in [2.75, 3.05) is 12.4 Å². The highest BCUT2D eigenvalue weighted by Gasteiger charge is 2.15. The van der Waals surface area contributed by atoms with E-state index >= 15 is 0 Å². The molecule has 0 saturated carbocycles. The molecule has 6 nitrogen and oxygen atoms in total. The van der Waals surface area contributed by atoms with Crippen LogP contribution in [0.25, 0.3) is 0 Å². The van der Waals surface area contributed by atoms with Crippen LogP contribution >= 0.6 is 15.9 Å². The molecule has 0 saturated heterocycles. The predicted octanol–water partition coefficient (Wildman–Crippen LogP) is 3.50. The van der Waals surface area contributed by atoms with Gasteiger partial charge in [-0.3, -0.25) is 10.1 Å². The fraction of sp³-hybridized carbons (Fsp3) is 0.0833. The lowest BCUT2D eigenvalue weighted by atomic mass is 10.3. The van der Waals surface area contributed by atoms with Gasteiger partial charge in [0, 0.05) is 22.4 Å². The van der Waals surface area contributed by atoms with Gasteiger partial charge in [-0.15, -0.1) is 0 Å². The van der Waals surface area contributed by atoms with Crippen molar-refractivity contribution in [3.63, 3.8) is 0 Å². The quantitative estimate of drug-likeness (QED) is 0.688. The molecule has 0 aliphatic carbocycles. The Morgan fingerprint density at radius 1 is 1.37 bits per heavy atom. The molecule has 0 fully saturated rings. The highest BCUT2D eigenvalue weighted by molar-refractivity contribution is 9.10. The van der Waals surface area contributed by atoms with Crippen molar-refractivity contribution in [2.45, 2.75) is 0 Å². The minimum absolute atomic E-state index is 0.0924. The Labute approximate surface area is 117 Å². The molecule has 1 heterocycles. The molecule has 0 aliphatic rings. The molecule has 2 rings (SSSR count). The number of methoxy groups -OCH3 is 1. The van der Waals surface area contributed by atoms with E-state index < -0.39 is 4.92 Å². The molecule has 2 aromatic rings. The molecule has 1 aromatic heterocycles. The number of aromatic nitrogens is 1. The molecule has 0 amide bonds. The van der Waals surface area contributed by atoms with Crippen LogP contribution in [0.15, 0.2) is 41.0 Å². The van der Waals surface area contributed by atoms with Gasteiger partial charge in [-0.05, 0) is 40.2 Å². The first-order valence-electron chi connectivity index (χ1n) is 5.31. The smallest absolute Gasteiger partial charge is 0.312 e. The number of hydrogen-bond acceptors (Lipinski definition) is 5. The highest BCUT2D eigenvalue weighted by Crippen LogP contribution is 2.28. The standard InChI is InChI=1S/C12H10BrN3O3/c1-19-10-4-2-9(3-5-10)15-12-11(16(17)18)6-8(13)7-14-12/h2-7H,1H3,(H,14,15). The molecule has 0 atom stereocenters. The molecule has 19 heavy (non-hydrogen) atoms. The summed E-state index contributed by atoms with van der Waals surface area (Å²) in [6, 6.07) is 8.43. The van der Waals surface area contributed by atoms with Crippen molar-refractivity contribution in [1.82, 2.24) is 4.98 Å². The Kier molecular flexibility index (Phi) is 3.96. The lowest BCUT2D eigenvalue weighted by Crippen LogP contribution is -1.99. The van der Waals surface area contributed by atoms with Crippen LogP contribution in [0.1, 0.15) is 0 Å². The van der Waals surface area contributed by atoms with Crippen LogP contribution in [0.5, 0.6) is 5.75 Å². The van der Waals surface area contributed by atoms with Crippen molar-refractivity contribution < 1.29 is 9.66 Å². The van der Waals surface area contributed by atoms with Crippen molar-refractivity contribution in [2.24, 2.45) is 0 Å². The van der Waals surface area contributed by atoms with Gasteiger partial charge in [0.2, 0.25) is 5.82 Å². The maximum absolute atomic E-state index is 10.9. The van der Waals surface area contributed by atoms with Gasteiger partial charge >= 0.3 is 5.69 Å². The second-order valence-electron chi connectivity index (χ2n) is 3.63. The van der Waals surface area contributed by atoms with Crippen molar-refractivity contribution in [3.05, 3.63) is 51.1 Å². The highest BCUT2D eigenvalue weighted by atomic mass is 79.9. The van der Waals surface area contributed by atoms with E-state index in [9.17, 15) is 10.1 Å². The second kappa shape index (κ2) is 5.66. The lowest BCUT2D eigenvalue weighted by molar-refractivity contribution is -0.384. The second-order valence-corrected chi connectivity index (χ2v) is 4.55. The van der Waals surface area contributed by atoms with Gasteiger partial charge < -0.3 is 10.1 Å². The van der Waals surface area contributed by atoms with E-state index in [1.165, 1.54) is 12.3 Å². The Morgan fingerprint density at radius 2 is 2.05 bits per heavy atom. The summed E-state index contributed by atoms with van der Waals surface area (Å²) in [6.45, 7) is 0. The van der Waals surface area contributed by atoms with Gasteiger partial charge in [-0.2, -0.15) is 0 Å². The van der Waals surface area contributed by atoms with Crippen molar-refractivity contribution in [3.8, 4) is 5.75 Å². The van der Waals surface area contributed by atoms with Gasteiger partial charge in [0.15, 0.2) is 0 Å². The average Bonchev–Trinajstić information content (AvgIpc) is 2.41. The predicted molar refractivity (Wildman–Crippen MR) is 74.9 cm³/mol. The third-order valence-corrected chi connectivity index (χ3v) is 2.82. The summed E-state index contributed by atoms with van der Waals surface area (Å²) >= 11 is 3.16. The molecule has 98 valence electrons. The van der Waals surface area contributed by atoms with Crippen LogP contribution < -0.4 is 10.1 Å². The number of pyridine rings is 1. The van der Waals surface area contributed by atoms with E-state index in [1.807, 2.05) is 0 Å². The summed E-state index contributed by atoms with van der Waals surface area (Å²) in [4.78, 5) is 14.5. The Bertz CT molecular complexity index is 602. The fourth-order valence-corrected chi connectivity index (χ4v) is 1.79. The van der Waals surface area contributed by atoms with Gasteiger partial charge in [0.1, 0.15) is 5.75 Å². The number of nitro groups is 1. The number of hydrogen-bond donors (Lipinski definition) is 1. The number of anilines is 2. The maximum Gasteiger partial charge on any atom is 0.312 e. The summed E-state index contributed by atoms with van der Waals surface area (Å²) in [5.41, 5.74) is 0.601. The maximum atomic E-state index is 10.9. The molecule has 0 radical (unpaired) electrons. The molecule has 0 spiro atoms. The minimum Gasteiger partial charge on any atom is -0.497 e. The van der Waals surface area contributed by atoms with E-state index in [0.717, 1.165) is 0 Å². The number of nitrogens with one attached hydrogen (secondary N) is 1. The van der Waals surface area contributed by atoms with Gasteiger partial charge in [-0.1, -0.05) is 0 Å². The first kappa shape index (κ1) is 13.3. The monoisotopic (exact) mass is 323 g/mol. The van der Waals surface area contributed by atoms with Crippen LogP contribution in [0.3, 0.4) is 0 Å². The van der Waals surface area contributed by atoms with Gasteiger partial charge in [0.05, 0.1) is 12.0 Å². The molecule has 1 N–H and O–H groups in total. The van der Waals surface area contributed by atoms with Crippen LogP contribution in [0.2, 0.25) is 0 Å². The normalized spacial score (nSPS) is 10.0. The third kappa shape index (κ3) is 3.19. The Balaban J connectivity index is 2.29. The summed E-state index contributed by atoms with van der Waals surface area (Å²) in [7, 11) is 1.57. The molecule has 7 heteroatoms. The van der Waals surface area contributed by atoms with Crippen LogP contribution in [0, 0.1) is 10.1 Å². The largest absolute Gasteiger partial charge is 0.497 e. The first-order chi connectivity index (χ1) is 9.10. The third-order valence-electron chi connectivity index (χ3n) is 2.38. The van der Waals surface area contributed by atoms with E-state index in [-0.39, 0.29) is 11.5 Å². The summed E-state index contributed by atoms with van der Waals surface area (Å²) in [5, 5.41) is 13.9. The van der Waals surface area contributed by atoms with E-state index in [4.69, 9.17) is 4.74 Å². The minimum atomic E-state index is -0.483. The van der Waals surface area contributed by atoms with Crippen molar-refractivity contribution in [1.29, 1.82) is 0 Å². The van der Waals surface area contributed by atoms with Crippen molar-refractivity contribution >= 4 is 33.1 Å². The van der Waals surface area contributed by atoms with E-state index in [0.29, 0.717) is 15.9 Å². The summed E-state index contributed by atoms with van der Waals surface area (Å²) in [6.07, 6.45) is 1.50. The summed E-state index contributed by atoms with van der Waals surface area (Å²) < 4.78 is 5.59. The number of ether oxygens (including phenoxy) is 1. The SMILES string of the molecule is COc1ccc(Nc2ncc(Br)cc2[N+](=O)[O-])cc1. The zero-order chi connectivity index (χ0) is 13.8. The average molecular weight is 324 g/mol. The molecule has 0 aliphatic heterocycles. The zero-order valence-corrected chi connectivity index (χ0v) is 11.5. The number of nitrogens with zero attached hydrogens (tertiary/aromatic N) is 2. The van der Waals surface area contributed by atoms with Crippen LogP contribution in [-0.2, 0) is 0 Å². The van der Waals surface area contributed by atoms with Crippen LogP contribution in [0.4, 0.5) is 17.2 Å². The lowest BCUT2D eigenvalue weighted by Gasteiger charge is -2.07. The first-order valence-corrected chi connectivity index (χ1v) is 6.10. The topological polar surface area (TPSA) is 77.3 Å². The fourth-order valence-electron chi connectivity index (χ4n) is 1.48.